The van der Waals surface area contributed by atoms with E-state index < -0.39 is 0 Å². The molecular formula is C34H65NO2. The third kappa shape index (κ3) is 7.34. The Labute approximate surface area is 232 Å². The van der Waals surface area contributed by atoms with Crippen LogP contribution in [-0.2, 0) is 4.84 Å². The first kappa shape index (κ1) is 32.6. The van der Waals surface area contributed by atoms with Crippen LogP contribution in [0.3, 0.4) is 0 Å². The van der Waals surface area contributed by atoms with E-state index in [1.807, 2.05) is 13.8 Å². The van der Waals surface area contributed by atoms with Crippen LogP contribution in [0.1, 0.15) is 140 Å². The van der Waals surface area contributed by atoms with E-state index in [-0.39, 0.29) is 6.10 Å². The summed E-state index contributed by atoms with van der Waals surface area (Å²) in [5.41, 5.74) is 2.07. The highest BCUT2D eigenvalue weighted by atomic mass is 16.6. The second kappa shape index (κ2) is 14.2. The van der Waals surface area contributed by atoms with E-state index in [2.05, 4.69) is 60.5 Å². The first-order valence-corrected chi connectivity index (χ1v) is 16.2. The van der Waals surface area contributed by atoms with Crippen LogP contribution in [-0.4, -0.2) is 24.0 Å². The number of rotatable bonds is 6. The summed E-state index contributed by atoms with van der Waals surface area (Å²) in [7, 11) is 1.70. The molecule has 37 heavy (non-hydrogen) atoms. The van der Waals surface area contributed by atoms with Crippen molar-refractivity contribution in [3.05, 3.63) is 0 Å². The van der Waals surface area contributed by atoms with Crippen molar-refractivity contribution in [2.75, 3.05) is 7.11 Å². The molecule has 0 aromatic carbocycles. The van der Waals surface area contributed by atoms with E-state index in [4.69, 9.17) is 4.84 Å². The summed E-state index contributed by atoms with van der Waals surface area (Å²) < 4.78 is 0. The molecule has 9 atom stereocenters. The lowest BCUT2D eigenvalue weighted by Crippen LogP contribution is -2.57. The van der Waals surface area contributed by atoms with E-state index >= 15 is 0 Å². The van der Waals surface area contributed by atoms with Gasteiger partial charge in [-0.25, -0.2) is 0 Å². The smallest absolute Gasteiger partial charge is 0.106 e. The maximum absolute atomic E-state index is 10.4. The Morgan fingerprint density at radius 2 is 1.49 bits per heavy atom. The van der Waals surface area contributed by atoms with Gasteiger partial charge in [-0.1, -0.05) is 93.7 Å². The Bertz CT molecular complexity index is 699. The number of oxime groups is 1. The Hall–Kier alpha value is -0.570. The molecule has 0 spiro atoms. The largest absolute Gasteiger partial charge is 0.399 e. The third-order valence-corrected chi connectivity index (χ3v) is 10.9. The predicted octanol–water partition coefficient (Wildman–Crippen LogP) is 9.77. The normalized spacial score (nSPS) is 40.5. The molecule has 0 saturated heterocycles. The third-order valence-electron chi connectivity index (χ3n) is 10.9. The van der Waals surface area contributed by atoms with E-state index in [0.29, 0.717) is 16.7 Å². The molecule has 4 fully saturated rings. The molecule has 4 aliphatic carbocycles. The summed E-state index contributed by atoms with van der Waals surface area (Å²) in [6.45, 7) is 23.0. The van der Waals surface area contributed by atoms with Gasteiger partial charge in [0, 0.05) is 5.92 Å². The zero-order valence-electron chi connectivity index (χ0n) is 26.8. The van der Waals surface area contributed by atoms with Gasteiger partial charge in [0.1, 0.15) is 7.11 Å². The molecule has 0 aromatic rings. The SMILES string of the molecule is CC.CC(C)C.CO/N=C1\CC2C(CCC3(C)C2CCC3[C@H](C)CCCC(C)C)C2(C)CCC(O)CC12. The number of aliphatic hydroxyl groups is 1. The number of hydrogen-bond donors (Lipinski definition) is 1. The highest BCUT2D eigenvalue weighted by Crippen LogP contribution is 2.68. The summed E-state index contributed by atoms with van der Waals surface area (Å²) in [5.74, 6) is 6.23. The van der Waals surface area contributed by atoms with E-state index in [1.165, 1.54) is 50.7 Å². The first-order valence-electron chi connectivity index (χ1n) is 16.2. The van der Waals surface area contributed by atoms with Crippen LogP contribution < -0.4 is 0 Å². The van der Waals surface area contributed by atoms with Gasteiger partial charge in [-0.05, 0) is 104 Å². The highest BCUT2D eigenvalue weighted by molar-refractivity contribution is 5.88. The quantitative estimate of drug-likeness (QED) is 0.355. The number of fused-ring (bicyclic) bond motifs is 5. The number of nitrogens with zero attached hydrogens (tertiary/aromatic N) is 1. The topological polar surface area (TPSA) is 41.8 Å². The van der Waals surface area contributed by atoms with Crippen LogP contribution in [0.2, 0.25) is 0 Å². The minimum absolute atomic E-state index is 0.159. The Morgan fingerprint density at radius 3 is 2.08 bits per heavy atom. The molecule has 4 aliphatic rings. The maximum Gasteiger partial charge on any atom is 0.106 e. The van der Waals surface area contributed by atoms with Crippen LogP contribution in [0, 0.1) is 58.2 Å². The minimum atomic E-state index is -0.159. The van der Waals surface area contributed by atoms with Gasteiger partial charge in [-0.15, -0.1) is 0 Å². The fourth-order valence-corrected chi connectivity index (χ4v) is 9.29. The monoisotopic (exact) mass is 520 g/mol. The summed E-state index contributed by atoms with van der Waals surface area (Å²) in [5, 5.41) is 15.0. The summed E-state index contributed by atoms with van der Waals surface area (Å²) in [6.07, 6.45) is 13.8. The van der Waals surface area contributed by atoms with Gasteiger partial charge < -0.3 is 9.94 Å². The van der Waals surface area contributed by atoms with Crippen molar-refractivity contribution < 1.29 is 9.94 Å². The van der Waals surface area contributed by atoms with Crippen molar-refractivity contribution in [2.45, 2.75) is 146 Å². The Morgan fingerprint density at radius 1 is 0.892 bits per heavy atom. The number of aliphatic hydroxyl groups excluding tert-OH is 1. The summed E-state index contributed by atoms with van der Waals surface area (Å²) >= 11 is 0. The van der Waals surface area contributed by atoms with Crippen LogP contribution in [0.25, 0.3) is 0 Å². The lowest BCUT2D eigenvalue weighted by molar-refractivity contribution is -0.0949. The van der Waals surface area contributed by atoms with Crippen LogP contribution in [0.4, 0.5) is 0 Å². The van der Waals surface area contributed by atoms with Crippen molar-refractivity contribution in [1.29, 1.82) is 0 Å². The average molecular weight is 520 g/mol. The fourth-order valence-electron chi connectivity index (χ4n) is 9.29. The number of hydrogen-bond acceptors (Lipinski definition) is 3. The second-order valence-corrected chi connectivity index (χ2v) is 14.6. The van der Waals surface area contributed by atoms with Gasteiger partial charge in [0.2, 0.25) is 0 Å². The highest BCUT2D eigenvalue weighted by Gasteiger charge is 2.62. The standard InChI is InChI=1S/C28H49NO2.C4H10.C2H6/c1-18(2)8-7-9-19(3)22-10-11-23-21-17-26(29-31-6)25-16-20(30)12-14-28(25,5)24(21)13-15-27(22,23)4;1-4(2)3;1-2/h18-25,30H,7-17H2,1-6H3;4H,1-3H3;1-2H3/b29-26+;;/t19-,20?,21?,22?,23?,24?,25?,27?,28?;;/m1../s1. The van der Waals surface area contributed by atoms with Crippen LogP contribution in [0.5, 0.6) is 0 Å². The molecule has 4 saturated carbocycles. The molecule has 3 heteroatoms. The van der Waals surface area contributed by atoms with E-state index in [0.717, 1.165) is 67.1 Å². The van der Waals surface area contributed by atoms with Gasteiger partial charge in [0.05, 0.1) is 11.8 Å². The van der Waals surface area contributed by atoms with Crippen LogP contribution >= 0.6 is 0 Å². The van der Waals surface area contributed by atoms with Crippen molar-refractivity contribution in [3.63, 3.8) is 0 Å². The van der Waals surface area contributed by atoms with E-state index in [9.17, 15) is 5.11 Å². The minimum Gasteiger partial charge on any atom is -0.399 e. The molecule has 3 nitrogen and oxygen atoms in total. The maximum atomic E-state index is 10.4. The van der Waals surface area contributed by atoms with Crippen LogP contribution in [0.15, 0.2) is 5.16 Å². The van der Waals surface area contributed by atoms with Crippen molar-refractivity contribution in [2.24, 2.45) is 63.3 Å². The Balaban J connectivity index is 0.000000733. The average Bonchev–Trinajstić information content (AvgIpc) is 3.18. The molecule has 0 amide bonds. The van der Waals surface area contributed by atoms with E-state index in [1.54, 1.807) is 7.11 Å². The second-order valence-electron chi connectivity index (χ2n) is 14.6. The summed E-state index contributed by atoms with van der Waals surface area (Å²) in [6, 6.07) is 0. The van der Waals surface area contributed by atoms with Crippen molar-refractivity contribution >= 4 is 5.71 Å². The van der Waals surface area contributed by atoms with Crippen molar-refractivity contribution in [1.82, 2.24) is 0 Å². The molecule has 4 rings (SSSR count). The lowest BCUT2D eigenvalue weighted by Gasteiger charge is -2.61. The van der Waals surface area contributed by atoms with Crippen molar-refractivity contribution in [3.8, 4) is 0 Å². The van der Waals surface area contributed by atoms with Gasteiger partial charge >= 0.3 is 0 Å². The van der Waals surface area contributed by atoms with Gasteiger partial charge in [0.15, 0.2) is 0 Å². The Kier molecular flexibility index (Phi) is 12.5. The van der Waals surface area contributed by atoms with Gasteiger partial charge in [-0.2, -0.15) is 0 Å². The fraction of sp³-hybridized carbons (Fsp3) is 0.971. The lowest BCUT2D eigenvalue weighted by atomic mass is 9.44. The molecule has 8 unspecified atom stereocenters. The molecule has 0 aromatic heterocycles. The molecule has 0 aliphatic heterocycles. The first-order chi connectivity index (χ1) is 17.4. The molecule has 218 valence electrons. The predicted molar refractivity (Wildman–Crippen MR) is 161 cm³/mol. The molecule has 0 heterocycles. The molecular weight excluding hydrogens is 454 g/mol. The zero-order chi connectivity index (χ0) is 28.0. The summed E-state index contributed by atoms with van der Waals surface area (Å²) in [4.78, 5) is 5.36. The van der Waals surface area contributed by atoms with Gasteiger partial charge in [0.25, 0.3) is 0 Å². The zero-order valence-corrected chi connectivity index (χ0v) is 26.8. The molecule has 1 N–H and O–H groups in total. The molecule has 0 radical (unpaired) electrons. The van der Waals surface area contributed by atoms with Gasteiger partial charge in [-0.3, -0.25) is 0 Å². The molecule has 0 bridgehead atoms.